The first kappa shape index (κ1) is 25.6. The van der Waals surface area contributed by atoms with Crippen molar-refractivity contribution in [3.63, 3.8) is 0 Å². The van der Waals surface area contributed by atoms with Gasteiger partial charge in [-0.25, -0.2) is 4.79 Å². The molecule has 0 aliphatic rings. The zero-order valence-corrected chi connectivity index (χ0v) is 19.9. The van der Waals surface area contributed by atoms with Gasteiger partial charge in [0, 0.05) is 6.42 Å². The van der Waals surface area contributed by atoms with Crippen LogP contribution in [0.1, 0.15) is 88.9 Å². The Balaban J connectivity index is 1.84. The van der Waals surface area contributed by atoms with Gasteiger partial charge in [-0.3, -0.25) is 4.79 Å². The van der Waals surface area contributed by atoms with Crippen LogP contribution in [0.25, 0.3) is 11.1 Å². The van der Waals surface area contributed by atoms with Crippen LogP contribution in [-0.2, 0) is 9.53 Å². The lowest BCUT2D eigenvalue weighted by atomic mass is 10.0. The predicted molar refractivity (Wildman–Crippen MR) is 130 cm³/mol. The van der Waals surface area contributed by atoms with Crippen LogP contribution in [0.15, 0.2) is 48.5 Å². The third-order valence-corrected chi connectivity index (χ3v) is 5.59. The lowest BCUT2D eigenvalue weighted by Crippen LogP contribution is -2.24. The maximum atomic E-state index is 12.4. The molecular formula is C28H38O4. The number of ketones is 1. The molecule has 1 atom stereocenters. The van der Waals surface area contributed by atoms with Crippen LogP contribution < -0.4 is 4.74 Å². The maximum Gasteiger partial charge on any atom is 0.338 e. The molecule has 0 aliphatic heterocycles. The Morgan fingerprint density at radius 3 is 1.91 bits per heavy atom. The highest BCUT2D eigenvalue weighted by Gasteiger charge is 2.18. The van der Waals surface area contributed by atoms with Gasteiger partial charge in [-0.2, -0.15) is 0 Å². The molecule has 2 aromatic carbocycles. The Hall–Kier alpha value is -2.62. The molecule has 0 bridgehead atoms. The highest BCUT2D eigenvalue weighted by Crippen LogP contribution is 2.23. The van der Waals surface area contributed by atoms with Crippen molar-refractivity contribution in [1.82, 2.24) is 0 Å². The van der Waals surface area contributed by atoms with Crippen molar-refractivity contribution in [2.75, 3.05) is 6.61 Å². The van der Waals surface area contributed by atoms with Gasteiger partial charge in [0.1, 0.15) is 5.75 Å². The zero-order chi connectivity index (χ0) is 23.2. The van der Waals surface area contributed by atoms with Gasteiger partial charge in [0.15, 0.2) is 11.9 Å². The van der Waals surface area contributed by atoms with Crippen molar-refractivity contribution >= 4 is 11.8 Å². The SMILES string of the molecule is CCCCCCOc1ccc(-c2ccc(C(=O)OC(C)C(=O)CCCCCC)cc2)cc1. The van der Waals surface area contributed by atoms with Crippen LogP contribution in [0.2, 0.25) is 0 Å². The van der Waals surface area contributed by atoms with Gasteiger partial charge in [0.2, 0.25) is 0 Å². The molecule has 32 heavy (non-hydrogen) atoms. The van der Waals surface area contributed by atoms with E-state index in [0.717, 1.165) is 55.6 Å². The van der Waals surface area contributed by atoms with Gasteiger partial charge in [-0.15, -0.1) is 0 Å². The van der Waals surface area contributed by atoms with E-state index in [0.29, 0.717) is 12.0 Å². The van der Waals surface area contributed by atoms with Crippen molar-refractivity contribution in [3.8, 4) is 16.9 Å². The van der Waals surface area contributed by atoms with E-state index in [1.54, 1.807) is 19.1 Å². The van der Waals surface area contributed by atoms with Gasteiger partial charge in [-0.1, -0.05) is 76.6 Å². The summed E-state index contributed by atoms with van der Waals surface area (Å²) < 4.78 is 11.2. The summed E-state index contributed by atoms with van der Waals surface area (Å²) in [7, 11) is 0. The summed E-state index contributed by atoms with van der Waals surface area (Å²) >= 11 is 0. The zero-order valence-electron chi connectivity index (χ0n) is 19.9. The fourth-order valence-corrected chi connectivity index (χ4v) is 3.48. The summed E-state index contributed by atoms with van der Waals surface area (Å²) in [5, 5.41) is 0. The molecule has 0 radical (unpaired) electrons. The summed E-state index contributed by atoms with van der Waals surface area (Å²) in [6.45, 7) is 6.74. The van der Waals surface area contributed by atoms with Crippen LogP contribution in [0.4, 0.5) is 0 Å². The molecule has 0 aromatic heterocycles. The molecule has 0 aliphatic carbocycles. The van der Waals surface area contributed by atoms with Crippen molar-refractivity contribution in [3.05, 3.63) is 54.1 Å². The monoisotopic (exact) mass is 438 g/mol. The fraction of sp³-hybridized carbons (Fsp3) is 0.500. The Labute approximate surface area is 193 Å². The van der Waals surface area contributed by atoms with Crippen molar-refractivity contribution in [2.45, 2.75) is 84.7 Å². The molecular weight excluding hydrogens is 400 g/mol. The average Bonchev–Trinajstić information content (AvgIpc) is 2.82. The molecule has 1 unspecified atom stereocenters. The number of hydrogen-bond donors (Lipinski definition) is 0. The number of unbranched alkanes of at least 4 members (excludes halogenated alkanes) is 6. The summed E-state index contributed by atoms with van der Waals surface area (Å²) in [5.74, 6) is 0.398. The highest BCUT2D eigenvalue weighted by molar-refractivity contribution is 5.93. The summed E-state index contributed by atoms with van der Waals surface area (Å²) in [4.78, 5) is 24.6. The van der Waals surface area contributed by atoms with E-state index in [4.69, 9.17) is 9.47 Å². The molecule has 0 spiro atoms. The first-order chi connectivity index (χ1) is 15.5. The number of esters is 1. The van der Waals surface area contributed by atoms with E-state index >= 15 is 0 Å². The van der Waals surface area contributed by atoms with E-state index in [-0.39, 0.29) is 5.78 Å². The molecule has 2 rings (SSSR count). The summed E-state index contributed by atoms with van der Waals surface area (Å²) in [6.07, 6.45) is 8.66. The second kappa shape index (κ2) is 14.4. The van der Waals surface area contributed by atoms with Crippen LogP contribution in [0, 0.1) is 0 Å². The molecule has 4 heteroatoms. The van der Waals surface area contributed by atoms with Crippen LogP contribution in [0.5, 0.6) is 5.75 Å². The molecule has 0 amide bonds. The average molecular weight is 439 g/mol. The Morgan fingerprint density at radius 2 is 1.31 bits per heavy atom. The highest BCUT2D eigenvalue weighted by atomic mass is 16.5. The molecule has 4 nitrogen and oxygen atoms in total. The van der Waals surface area contributed by atoms with E-state index < -0.39 is 12.1 Å². The third kappa shape index (κ3) is 8.86. The summed E-state index contributed by atoms with van der Waals surface area (Å²) in [5.41, 5.74) is 2.52. The minimum absolute atomic E-state index is 0.0151. The Morgan fingerprint density at radius 1 is 0.750 bits per heavy atom. The van der Waals surface area contributed by atoms with Gasteiger partial charge in [-0.05, 0) is 55.2 Å². The summed E-state index contributed by atoms with van der Waals surface area (Å²) in [6, 6.07) is 15.3. The lowest BCUT2D eigenvalue weighted by Gasteiger charge is -2.12. The quantitative estimate of drug-likeness (QED) is 0.215. The standard InChI is InChI=1S/C28H38O4/c1-4-6-8-10-12-27(29)22(3)32-28(30)25-15-13-23(14-16-25)24-17-19-26(20-18-24)31-21-11-9-7-5-2/h13-20,22H,4-12,21H2,1-3H3. The molecule has 0 fully saturated rings. The first-order valence-electron chi connectivity index (χ1n) is 12.1. The number of Topliss-reactive ketones (excluding diaryl/α,β-unsaturated/α-hetero) is 1. The van der Waals surface area contributed by atoms with Crippen LogP contribution in [-0.4, -0.2) is 24.5 Å². The van der Waals surface area contributed by atoms with E-state index in [1.165, 1.54) is 19.3 Å². The Kier molecular flexibility index (Phi) is 11.6. The topological polar surface area (TPSA) is 52.6 Å². The molecule has 0 saturated carbocycles. The van der Waals surface area contributed by atoms with Gasteiger partial charge < -0.3 is 9.47 Å². The van der Waals surface area contributed by atoms with Crippen LogP contribution >= 0.6 is 0 Å². The van der Waals surface area contributed by atoms with Crippen molar-refractivity contribution in [1.29, 1.82) is 0 Å². The molecule has 0 N–H and O–H groups in total. The second-order valence-corrected chi connectivity index (χ2v) is 8.34. The largest absolute Gasteiger partial charge is 0.494 e. The minimum atomic E-state index is -0.710. The first-order valence-corrected chi connectivity index (χ1v) is 12.1. The third-order valence-electron chi connectivity index (χ3n) is 5.59. The number of carbonyl (C=O) groups is 2. The maximum absolute atomic E-state index is 12.4. The number of benzene rings is 2. The normalized spacial score (nSPS) is 11.7. The molecule has 0 saturated heterocycles. The fourth-order valence-electron chi connectivity index (χ4n) is 3.48. The van der Waals surface area contributed by atoms with Crippen molar-refractivity contribution < 1.29 is 19.1 Å². The van der Waals surface area contributed by atoms with Crippen molar-refractivity contribution in [2.24, 2.45) is 0 Å². The Bertz CT molecular complexity index is 808. The lowest BCUT2D eigenvalue weighted by molar-refractivity contribution is -0.127. The van der Waals surface area contributed by atoms with E-state index in [1.807, 2.05) is 36.4 Å². The number of hydrogen-bond acceptors (Lipinski definition) is 4. The van der Waals surface area contributed by atoms with Gasteiger partial charge in [0.25, 0.3) is 0 Å². The number of rotatable bonds is 15. The smallest absolute Gasteiger partial charge is 0.338 e. The molecule has 0 heterocycles. The van der Waals surface area contributed by atoms with Gasteiger partial charge in [0.05, 0.1) is 12.2 Å². The second-order valence-electron chi connectivity index (χ2n) is 8.34. The van der Waals surface area contributed by atoms with E-state index in [2.05, 4.69) is 13.8 Å². The predicted octanol–water partition coefficient (Wildman–Crippen LogP) is 7.40. The number of carbonyl (C=O) groups excluding carboxylic acids is 2. The van der Waals surface area contributed by atoms with Gasteiger partial charge >= 0.3 is 5.97 Å². The number of ether oxygens (including phenoxy) is 2. The minimum Gasteiger partial charge on any atom is -0.494 e. The molecule has 2 aromatic rings. The van der Waals surface area contributed by atoms with Crippen LogP contribution in [0.3, 0.4) is 0 Å². The molecule has 174 valence electrons. The van der Waals surface area contributed by atoms with E-state index in [9.17, 15) is 9.59 Å².